The largest absolute Gasteiger partial charge is 0.386 e. The second-order valence-corrected chi connectivity index (χ2v) is 4.09. The molecule has 1 aromatic heterocycles. The molecule has 0 saturated heterocycles. The highest BCUT2D eigenvalue weighted by molar-refractivity contribution is 6.28. The highest BCUT2D eigenvalue weighted by Crippen LogP contribution is 2.25. The van der Waals surface area contributed by atoms with Gasteiger partial charge in [-0.2, -0.15) is 0 Å². The molecule has 17 heavy (non-hydrogen) atoms. The molecule has 0 amide bonds. The average molecular weight is 248 g/mol. The lowest BCUT2D eigenvalue weighted by molar-refractivity contribution is 1.07. The van der Waals surface area contributed by atoms with Crippen molar-refractivity contribution in [2.45, 2.75) is 6.92 Å². The van der Waals surface area contributed by atoms with Crippen LogP contribution in [0, 0.1) is 6.92 Å². The Kier molecular flexibility index (Phi) is 3.49. The SMILES string of the molecule is Cc1ccc(-n2cccc2)c(N=C(N)CCl)c1. The number of halogens is 1. The number of amidine groups is 1. The van der Waals surface area contributed by atoms with Gasteiger partial charge in [0.2, 0.25) is 0 Å². The van der Waals surface area contributed by atoms with Crippen molar-refractivity contribution in [2.75, 3.05) is 5.88 Å². The Morgan fingerprint density at radius 1 is 1.35 bits per heavy atom. The minimum atomic E-state index is 0.235. The number of aliphatic imine (C=N–C) groups is 1. The fourth-order valence-electron chi connectivity index (χ4n) is 1.62. The Labute approximate surface area is 106 Å². The maximum absolute atomic E-state index is 5.69. The molecule has 3 nitrogen and oxygen atoms in total. The summed E-state index contributed by atoms with van der Waals surface area (Å²) in [6.07, 6.45) is 3.95. The second-order valence-electron chi connectivity index (χ2n) is 3.82. The Bertz CT molecular complexity index is 530. The molecule has 88 valence electrons. The lowest BCUT2D eigenvalue weighted by atomic mass is 10.2. The van der Waals surface area contributed by atoms with Crippen LogP contribution in [-0.2, 0) is 0 Å². The van der Waals surface area contributed by atoms with E-state index in [-0.39, 0.29) is 5.88 Å². The zero-order chi connectivity index (χ0) is 12.3. The quantitative estimate of drug-likeness (QED) is 0.506. The zero-order valence-corrected chi connectivity index (χ0v) is 10.4. The first-order valence-electron chi connectivity index (χ1n) is 5.33. The molecule has 0 radical (unpaired) electrons. The van der Waals surface area contributed by atoms with Gasteiger partial charge in [0.1, 0.15) is 5.84 Å². The average Bonchev–Trinajstić information content (AvgIpc) is 2.82. The molecule has 4 heteroatoms. The number of nitrogens with two attached hydrogens (primary N) is 1. The predicted molar refractivity (Wildman–Crippen MR) is 72.5 cm³/mol. The number of aryl methyl sites for hydroxylation is 1. The zero-order valence-electron chi connectivity index (χ0n) is 9.60. The fraction of sp³-hybridized carbons (Fsp3) is 0.154. The van der Waals surface area contributed by atoms with Gasteiger partial charge < -0.3 is 10.3 Å². The summed E-state index contributed by atoms with van der Waals surface area (Å²) in [6.45, 7) is 2.02. The molecule has 0 spiro atoms. The molecular weight excluding hydrogens is 234 g/mol. The van der Waals surface area contributed by atoms with E-state index in [4.69, 9.17) is 17.3 Å². The van der Waals surface area contributed by atoms with Gasteiger partial charge in [-0.15, -0.1) is 11.6 Å². The van der Waals surface area contributed by atoms with Crippen LogP contribution in [0.5, 0.6) is 0 Å². The highest BCUT2D eigenvalue weighted by atomic mass is 35.5. The van der Waals surface area contributed by atoms with Crippen LogP contribution in [0.15, 0.2) is 47.7 Å². The minimum Gasteiger partial charge on any atom is -0.386 e. The van der Waals surface area contributed by atoms with Crippen molar-refractivity contribution in [2.24, 2.45) is 10.7 Å². The first-order chi connectivity index (χ1) is 8.20. The Morgan fingerprint density at radius 2 is 2.06 bits per heavy atom. The van der Waals surface area contributed by atoms with Crippen LogP contribution in [0.2, 0.25) is 0 Å². The number of rotatable bonds is 3. The van der Waals surface area contributed by atoms with E-state index >= 15 is 0 Å². The Morgan fingerprint density at radius 3 is 2.71 bits per heavy atom. The van der Waals surface area contributed by atoms with Crippen LogP contribution >= 0.6 is 11.6 Å². The summed E-state index contributed by atoms with van der Waals surface area (Å²) in [5, 5.41) is 0. The predicted octanol–water partition coefficient (Wildman–Crippen LogP) is 3.01. The van der Waals surface area contributed by atoms with Gasteiger partial charge in [-0.1, -0.05) is 6.07 Å². The summed E-state index contributed by atoms with van der Waals surface area (Å²) in [5.41, 5.74) is 8.65. The van der Waals surface area contributed by atoms with E-state index in [1.54, 1.807) is 0 Å². The third-order valence-corrected chi connectivity index (χ3v) is 2.69. The lowest BCUT2D eigenvalue weighted by Gasteiger charge is -2.08. The maximum Gasteiger partial charge on any atom is 0.115 e. The van der Waals surface area contributed by atoms with E-state index in [1.807, 2.05) is 54.2 Å². The molecule has 1 aromatic carbocycles. The van der Waals surface area contributed by atoms with Crippen molar-refractivity contribution in [3.8, 4) is 5.69 Å². The van der Waals surface area contributed by atoms with Crippen LogP contribution in [0.3, 0.4) is 0 Å². The smallest absolute Gasteiger partial charge is 0.115 e. The molecule has 0 aliphatic rings. The summed E-state index contributed by atoms with van der Waals surface area (Å²) in [6, 6.07) is 10.0. The van der Waals surface area contributed by atoms with Crippen molar-refractivity contribution < 1.29 is 0 Å². The van der Waals surface area contributed by atoms with Crippen molar-refractivity contribution in [1.29, 1.82) is 0 Å². The van der Waals surface area contributed by atoms with Crippen LogP contribution in [0.25, 0.3) is 5.69 Å². The van der Waals surface area contributed by atoms with Gasteiger partial charge in [0.15, 0.2) is 0 Å². The van der Waals surface area contributed by atoms with E-state index in [0.717, 1.165) is 16.9 Å². The molecular formula is C13H14ClN3. The van der Waals surface area contributed by atoms with E-state index < -0.39 is 0 Å². The maximum atomic E-state index is 5.69. The molecule has 0 unspecified atom stereocenters. The molecule has 0 aliphatic carbocycles. The number of alkyl halides is 1. The van der Waals surface area contributed by atoms with E-state index in [2.05, 4.69) is 4.99 Å². The molecule has 0 bridgehead atoms. The lowest BCUT2D eigenvalue weighted by Crippen LogP contribution is -2.12. The molecule has 0 saturated carbocycles. The number of hydrogen-bond acceptors (Lipinski definition) is 1. The molecule has 1 heterocycles. The van der Waals surface area contributed by atoms with E-state index in [0.29, 0.717) is 5.84 Å². The van der Waals surface area contributed by atoms with Crippen LogP contribution in [0.4, 0.5) is 5.69 Å². The minimum absolute atomic E-state index is 0.235. The van der Waals surface area contributed by atoms with Gasteiger partial charge in [-0.05, 0) is 36.8 Å². The van der Waals surface area contributed by atoms with Crippen molar-refractivity contribution in [3.05, 3.63) is 48.3 Å². The third kappa shape index (κ3) is 2.68. The first-order valence-corrected chi connectivity index (χ1v) is 5.87. The monoisotopic (exact) mass is 247 g/mol. The first kappa shape index (κ1) is 11.7. The van der Waals surface area contributed by atoms with Gasteiger partial charge >= 0.3 is 0 Å². The molecule has 2 aromatic rings. The summed E-state index contributed by atoms with van der Waals surface area (Å²) in [4.78, 5) is 4.34. The summed E-state index contributed by atoms with van der Waals surface area (Å²) < 4.78 is 2.00. The molecule has 0 aliphatic heterocycles. The van der Waals surface area contributed by atoms with Gasteiger partial charge in [-0.25, -0.2) is 4.99 Å². The number of hydrogen-bond donors (Lipinski definition) is 1. The fourth-order valence-corrected chi connectivity index (χ4v) is 1.68. The number of nitrogens with zero attached hydrogens (tertiary/aromatic N) is 2. The Hall–Kier alpha value is -1.74. The van der Waals surface area contributed by atoms with E-state index in [1.165, 1.54) is 0 Å². The second kappa shape index (κ2) is 5.06. The number of benzene rings is 1. The van der Waals surface area contributed by atoms with Crippen molar-refractivity contribution in [1.82, 2.24) is 4.57 Å². The molecule has 2 rings (SSSR count). The molecule has 0 atom stereocenters. The molecule has 2 N–H and O–H groups in total. The summed E-state index contributed by atoms with van der Waals surface area (Å²) in [7, 11) is 0. The Balaban J connectivity index is 2.52. The van der Waals surface area contributed by atoms with Gasteiger partial charge in [-0.3, -0.25) is 0 Å². The topological polar surface area (TPSA) is 43.3 Å². The van der Waals surface area contributed by atoms with Crippen LogP contribution in [0.1, 0.15) is 5.56 Å². The van der Waals surface area contributed by atoms with Gasteiger partial charge in [0.25, 0.3) is 0 Å². The standard InChI is InChI=1S/C13H14ClN3/c1-10-4-5-12(17-6-2-3-7-17)11(8-10)16-13(15)9-14/h2-8H,9H2,1H3,(H2,15,16). The van der Waals surface area contributed by atoms with Crippen molar-refractivity contribution >= 4 is 23.1 Å². The molecule has 0 fully saturated rings. The number of aromatic nitrogens is 1. The van der Waals surface area contributed by atoms with Gasteiger partial charge in [0, 0.05) is 12.4 Å². The van der Waals surface area contributed by atoms with Gasteiger partial charge in [0.05, 0.1) is 17.3 Å². The van der Waals surface area contributed by atoms with Crippen LogP contribution < -0.4 is 5.73 Å². The highest BCUT2D eigenvalue weighted by Gasteiger charge is 2.04. The van der Waals surface area contributed by atoms with Crippen LogP contribution in [-0.4, -0.2) is 16.3 Å². The van der Waals surface area contributed by atoms with E-state index in [9.17, 15) is 0 Å². The normalized spacial score (nSPS) is 11.8. The van der Waals surface area contributed by atoms with Crippen molar-refractivity contribution in [3.63, 3.8) is 0 Å². The summed E-state index contributed by atoms with van der Waals surface area (Å²) >= 11 is 5.66. The summed E-state index contributed by atoms with van der Waals surface area (Å²) in [5.74, 6) is 0.657. The third-order valence-electron chi connectivity index (χ3n) is 2.41.